The molecule has 0 saturated carbocycles. The van der Waals surface area contributed by atoms with Gasteiger partial charge in [-0.1, -0.05) is 207 Å². The van der Waals surface area contributed by atoms with Crippen molar-refractivity contribution in [2.75, 3.05) is 0 Å². The first-order valence-electron chi connectivity index (χ1n) is 23.5. The van der Waals surface area contributed by atoms with E-state index in [2.05, 4.69) is 227 Å². The first kappa shape index (κ1) is 43.1. The molecule has 0 saturated heterocycles. The van der Waals surface area contributed by atoms with Gasteiger partial charge in [-0.3, -0.25) is 0 Å². The summed E-state index contributed by atoms with van der Waals surface area (Å²) in [6.07, 6.45) is 1.96. The lowest BCUT2D eigenvalue weighted by Crippen LogP contribution is -2.58. The molecule has 9 rings (SSSR count). The highest BCUT2D eigenvalue weighted by Gasteiger charge is 2.35. The molecule has 1 aliphatic rings. The number of fused-ring (bicyclic) bond motifs is 2. The van der Waals surface area contributed by atoms with E-state index in [0.717, 1.165) is 12.8 Å². The average molecular weight is 831 g/mol. The quantitative estimate of drug-likeness (QED) is 0.120. The third-order valence-electron chi connectivity index (χ3n) is 14.5. The molecule has 0 amide bonds. The normalized spacial score (nSPS) is 13.6. The number of aryl methyl sites for hydroxylation is 10. The van der Waals surface area contributed by atoms with Crippen LogP contribution in [0.3, 0.4) is 0 Å². The molecule has 0 aromatic heterocycles. The van der Waals surface area contributed by atoms with Gasteiger partial charge in [0.15, 0.2) is 0 Å². The predicted octanol–water partition coefficient (Wildman–Crippen LogP) is 13.5. The van der Waals surface area contributed by atoms with Gasteiger partial charge in [0.2, 0.25) is 6.71 Å². The summed E-state index contributed by atoms with van der Waals surface area (Å²) in [6.45, 7) is 23.0. The fourth-order valence-electron chi connectivity index (χ4n) is 12.1. The topological polar surface area (TPSA) is 0 Å². The Balaban J connectivity index is 1.16. The van der Waals surface area contributed by atoms with Crippen molar-refractivity contribution in [1.29, 1.82) is 0 Å². The second-order valence-corrected chi connectivity index (χ2v) is 19.5. The third-order valence-corrected chi connectivity index (χ3v) is 14.5. The van der Waals surface area contributed by atoms with Crippen LogP contribution in [0.5, 0.6) is 0 Å². The van der Waals surface area contributed by atoms with Crippen LogP contribution in [0, 0.1) is 69.2 Å². The molecule has 318 valence electrons. The van der Waals surface area contributed by atoms with E-state index < -0.39 is 0 Å². The van der Waals surface area contributed by atoms with E-state index in [-0.39, 0.29) is 24.5 Å². The minimum Gasteiger partial charge on any atom is -0.0686 e. The summed E-state index contributed by atoms with van der Waals surface area (Å²) in [5, 5.41) is 0. The van der Waals surface area contributed by atoms with E-state index in [4.69, 9.17) is 0 Å². The van der Waals surface area contributed by atoms with Crippen molar-refractivity contribution >= 4 is 23.1 Å². The summed E-state index contributed by atoms with van der Waals surface area (Å²) >= 11 is 0. The molecular weight excluding hydrogens is 768 g/mol. The molecule has 0 fully saturated rings. The summed E-state index contributed by atoms with van der Waals surface area (Å²) in [6, 6.07) is 61.1. The van der Waals surface area contributed by atoms with Crippen molar-refractivity contribution in [2.24, 2.45) is 0 Å². The van der Waals surface area contributed by atoms with Crippen molar-refractivity contribution in [3.63, 3.8) is 0 Å². The lowest BCUT2D eigenvalue weighted by atomic mass is 9.32. The van der Waals surface area contributed by atoms with Crippen molar-refractivity contribution in [2.45, 2.75) is 99.8 Å². The van der Waals surface area contributed by atoms with Crippen LogP contribution in [0.25, 0.3) is 0 Å². The van der Waals surface area contributed by atoms with Crippen LogP contribution in [-0.2, 0) is 12.8 Å². The lowest BCUT2D eigenvalue weighted by molar-refractivity contribution is 0.692. The molecule has 8 aromatic carbocycles. The molecule has 3 unspecified atom stereocenters. The number of rotatable bonds is 10. The van der Waals surface area contributed by atoms with Crippen LogP contribution in [-0.4, -0.2) is 6.71 Å². The summed E-state index contributed by atoms with van der Waals surface area (Å²) in [5.74, 6) is 0.425. The van der Waals surface area contributed by atoms with Crippen molar-refractivity contribution in [3.05, 3.63) is 263 Å². The Labute approximate surface area is 384 Å². The molecule has 1 heteroatoms. The van der Waals surface area contributed by atoms with Gasteiger partial charge in [-0.25, -0.2) is 0 Å². The Morgan fingerprint density at radius 1 is 0.375 bits per heavy atom. The maximum atomic E-state index is 2.45. The Hall–Kier alpha value is -6.18. The molecule has 0 bridgehead atoms. The van der Waals surface area contributed by atoms with Crippen LogP contribution < -0.4 is 16.4 Å². The van der Waals surface area contributed by atoms with Gasteiger partial charge in [-0.2, -0.15) is 0 Å². The highest BCUT2D eigenvalue weighted by molar-refractivity contribution is 6.97. The molecule has 1 aliphatic heterocycles. The van der Waals surface area contributed by atoms with Crippen LogP contribution in [0.4, 0.5) is 0 Å². The second-order valence-electron chi connectivity index (χ2n) is 19.5. The van der Waals surface area contributed by atoms with Crippen molar-refractivity contribution in [1.82, 2.24) is 0 Å². The molecule has 1 heterocycles. The van der Waals surface area contributed by atoms with E-state index in [1.54, 1.807) is 0 Å². The molecule has 8 aromatic rings. The van der Waals surface area contributed by atoms with E-state index in [9.17, 15) is 0 Å². The van der Waals surface area contributed by atoms with Crippen LogP contribution in [0.2, 0.25) is 0 Å². The minimum atomic E-state index is 0.0953. The maximum absolute atomic E-state index is 2.45. The Kier molecular flexibility index (Phi) is 12.0. The monoisotopic (exact) mass is 831 g/mol. The van der Waals surface area contributed by atoms with E-state index in [1.165, 1.54) is 122 Å². The number of hydrogen-bond donors (Lipinski definition) is 0. The Morgan fingerprint density at radius 2 is 0.734 bits per heavy atom. The van der Waals surface area contributed by atoms with Crippen molar-refractivity contribution < 1.29 is 0 Å². The molecule has 0 aliphatic carbocycles. The first-order valence-corrected chi connectivity index (χ1v) is 23.5. The number of benzene rings is 8. The molecule has 64 heavy (non-hydrogen) atoms. The van der Waals surface area contributed by atoms with Crippen LogP contribution in [0.15, 0.2) is 158 Å². The smallest absolute Gasteiger partial charge is 0.0686 e. The zero-order chi connectivity index (χ0) is 44.8. The molecule has 0 nitrogen and oxygen atoms in total. The van der Waals surface area contributed by atoms with Gasteiger partial charge in [-0.05, 0) is 154 Å². The Morgan fingerprint density at radius 3 is 1.19 bits per heavy atom. The van der Waals surface area contributed by atoms with Gasteiger partial charge in [0.25, 0.3) is 0 Å². The van der Waals surface area contributed by atoms with Crippen LogP contribution >= 0.6 is 0 Å². The fraction of sp³-hybridized carbons (Fsp3) is 0.238. The molecule has 0 radical (unpaired) electrons. The van der Waals surface area contributed by atoms with Gasteiger partial charge in [0.05, 0.1) is 0 Å². The SMILES string of the molecule is Cc1cc(C)c(CC(c2ccc(C(c3ccccc3)C(c3ccccc3)c3ccc(B4c5c(C)cc(C)cc5Cc5cc(C)cc(C)c54)cc3)cc2)c2c(C)cc(C)cc2C)c(C)c1. The zero-order valence-corrected chi connectivity index (χ0v) is 39.7. The standard InChI is InChI=1S/C63H63B/c1-39-29-43(5)57(44(6)30-39)38-58(59-45(7)31-40(2)32-46(59)8)49-21-23-52(24-22-49)60(50-17-13-11-14-18-50)61(51-19-15-12-16-20-51)53-25-27-56(28-26-53)64-62-47(9)33-41(3)35-54(62)37-55-36-42(4)34-48(10)63(55)64/h11-36,58,60-61H,37-38H2,1-10H3. The molecule has 0 spiro atoms. The first-order chi connectivity index (χ1) is 30.8. The average Bonchev–Trinajstić information content (AvgIpc) is 3.25. The second kappa shape index (κ2) is 17.8. The van der Waals surface area contributed by atoms with Gasteiger partial charge >= 0.3 is 0 Å². The summed E-state index contributed by atoms with van der Waals surface area (Å²) in [4.78, 5) is 0. The van der Waals surface area contributed by atoms with Crippen LogP contribution in [0.1, 0.15) is 123 Å². The summed E-state index contributed by atoms with van der Waals surface area (Å²) in [7, 11) is 0. The summed E-state index contributed by atoms with van der Waals surface area (Å²) in [5.41, 5.74) is 30.5. The van der Waals surface area contributed by atoms with E-state index >= 15 is 0 Å². The highest BCUT2D eigenvalue weighted by atomic mass is 14.3. The maximum Gasteiger partial charge on any atom is 0.242 e. The highest BCUT2D eigenvalue weighted by Crippen LogP contribution is 2.44. The molecule has 3 atom stereocenters. The minimum absolute atomic E-state index is 0.0953. The largest absolute Gasteiger partial charge is 0.242 e. The Bertz CT molecular complexity index is 2870. The van der Waals surface area contributed by atoms with Gasteiger partial charge in [0, 0.05) is 17.8 Å². The summed E-state index contributed by atoms with van der Waals surface area (Å²) < 4.78 is 0. The predicted molar refractivity (Wildman–Crippen MR) is 276 cm³/mol. The van der Waals surface area contributed by atoms with E-state index in [1.807, 2.05) is 0 Å². The number of hydrogen-bond acceptors (Lipinski definition) is 0. The molecule has 0 N–H and O–H groups in total. The molecular formula is C63H63B. The van der Waals surface area contributed by atoms with Gasteiger partial charge in [0.1, 0.15) is 0 Å². The van der Waals surface area contributed by atoms with Crippen molar-refractivity contribution in [3.8, 4) is 0 Å². The lowest BCUT2D eigenvalue weighted by Gasteiger charge is -2.32. The van der Waals surface area contributed by atoms with E-state index in [0.29, 0.717) is 0 Å². The zero-order valence-electron chi connectivity index (χ0n) is 39.7. The van der Waals surface area contributed by atoms with Gasteiger partial charge < -0.3 is 0 Å². The fourth-order valence-corrected chi connectivity index (χ4v) is 12.1. The third kappa shape index (κ3) is 8.34. The van der Waals surface area contributed by atoms with Gasteiger partial charge in [-0.15, -0.1) is 0 Å².